The van der Waals surface area contributed by atoms with E-state index in [0.717, 1.165) is 12.8 Å². The number of para-hydroxylation sites is 1. The quantitative estimate of drug-likeness (QED) is 0.450. The van der Waals surface area contributed by atoms with Crippen molar-refractivity contribution in [3.05, 3.63) is 89.6 Å². The van der Waals surface area contributed by atoms with Crippen LogP contribution in [0.15, 0.2) is 72.9 Å². The van der Waals surface area contributed by atoms with E-state index in [9.17, 15) is 9.59 Å². The summed E-state index contributed by atoms with van der Waals surface area (Å²) in [5.41, 5.74) is 2.71. The van der Waals surface area contributed by atoms with E-state index in [1.54, 1.807) is 42.6 Å². The number of anilines is 2. The van der Waals surface area contributed by atoms with Crippen LogP contribution in [0.3, 0.4) is 0 Å². The van der Waals surface area contributed by atoms with E-state index in [2.05, 4.69) is 27.8 Å². The van der Waals surface area contributed by atoms with Crippen LogP contribution in [0.4, 0.5) is 11.5 Å². The molecule has 3 aromatic rings. The van der Waals surface area contributed by atoms with E-state index in [4.69, 9.17) is 4.74 Å². The summed E-state index contributed by atoms with van der Waals surface area (Å²) in [6, 6.07) is 20.5. The van der Waals surface area contributed by atoms with Gasteiger partial charge in [0, 0.05) is 18.3 Å². The smallest absolute Gasteiger partial charge is 0.339 e. The molecule has 0 atom stereocenters. The molecule has 6 heteroatoms. The van der Waals surface area contributed by atoms with E-state index < -0.39 is 5.97 Å². The molecule has 0 aliphatic carbocycles. The highest BCUT2D eigenvalue weighted by molar-refractivity contribution is 5.97. The second kappa shape index (κ2) is 10.0. The summed E-state index contributed by atoms with van der Waals surface area (Å²) in [5.74, 6) is -0.136. The van der Waals surface area contributed by atoms with Crippen LogP contribution in [0.2, 0.25) is 0 Å². The number of benzene rings is 2. The first-order chi connectivity index (χ1) is 14.2. The zero-order chi connectivity index (χ0) is 20.5. The number of esters is 1. The van der Waals surface area contributed by atoms with Crippen LogP contribution < -0.4 is 10.6 Å². The van der Waals surface area contributed by atoms with Crippen LogP contribution >= 0.6 is 0 Å². The minimum absolute atomic E-state index is 0.162. The number of rotatable bonds is 8. The van der Waals surface area contributed by atoms with Gasteiger partial charge in [0.15, 0.2) is 0 Å². The Balaban J connectivity index is 1.59. The van der Waals surface area contributed by atoms with Crippen molar-refractivity contribution < 1.29 is 14.3 Å². The van der Waals surface area contributed by atoms with Crippen molar-refractivity contribution in [2.45, 2.75) is 12.8 Å². The molecule has 1 heterocycles. The van der Waals surface area contributed by atoms with Gasteiger partial charge in [0.05, 0.1) is 18.4 Å². The van der Waals surface area contributed by atoms with Crippen LogP contribution in [-0.2, 0) is 11.2 Å². The van der Waals surface area contributed by atoms with Crippen LogP contribution in [0.25, 0.3) is 0 Å². The molecule has 0 bridgehead atoms. The molecule has 2 aromatic carbocycles. The molecule has 0 saturated carbocycles. The molecule has 0 aliphatic rings. The minimum atomic E-state index is -0.444. The minimum Gasteiger partial charge on any atom is -0.465 e. The monoisotopic (exact) mass is 389 g/mol. The molecular weight excluding hydrogens is 366 g/mol. The Morgan fingerprint density at radius 2 is 1.76 bits per heavy atom. The normalized spacial score (nSPS) is 10.2. The SMILES string of the molecule is COC(=O)c1ccccc1Nc1cc(C(=O)NCCCc2ccccc2)ccn1. The summed E-state index contributed by atoms with van der Waals surface area (Å²) in [7, 11) is 1.33. The van der Waals surface area contributed by atoms with Gasteiger partial charge < -0.3 is 15.4 Å². The van der Waals surface area contributed by atoms with Crippen molar-refractivity contribution in [3.63, 3.8) is 0 Å². The maximum absolute atomic E-state index is 12.4. The van der Waals surface area contributed by atoms with Gasteiger partial charge in [-0.05, 0) is 42.7 Å². The molecule has 2 N–H and O–H groups in total. The van der Waals surface area contributed by atoms with Crippen LogP contribution in [-0.4, -0.2) is 30.5 Å². The molecule has 148 valence electrons. The number of amides is 1. The van der Waals surface area contributed by atoms with Gasteiger partial charge in [-0.25, -0.2) is 9.78 Å². The molecule has 0 spiro atoms. The molecule has 6 nitrogen and oxygen atoms in total. The molecular formula is C23H23N3O3. The number of aryl methyl sites for hydroxylation is 1. The second-order valence-corrected chi connectivity index (χ2v) is 6.44. The number of hydrogen-bond donors (Lipinski definition) is 2. The average molecular weight is 389 g/mol. The number of pyridine rings is 1. The highest BCUT2D eigenvalue weighted by Gasteiger charge is 2.12. The fourth-order valence-electron chi connectivity index (χ4n) is 2.90. The van der Waals surface area contributed by atoms with Gasteiger partial charge in [0.2, 0.25) is 0 Å². The van der Waals surface area contributed by atoms with Crippen molar-refractivity contribution in [2.75, 3.05) is 19.0 Å². The number of ether oxygens (including phenoxy) is 1. The lowest BCUT2D eigenvalue weighted by atomic mass is 10.1. The highest BCUT2D eigenvalue weighted by Crippen LogP contribution is 2.21. The predicted molar refractivity (Wildman–Crippen MR) is 112 cm³/mol. The Bertz CT molecular complexity index is 974. The predicted octanol–water partition coefficient (Wildman–Crippen LogP) is 3.97. The van der Waals surface area contributed by atoms with Gasteiger partial charge in [-0.15, -0.1) is 0 Å². The fraction of sp³-hybridized carbons (Fsp3) is 0.174. The van der Waals surface area contributed by atoms with Crippen molar-refractivity contribution in [2.24, 2.45) is 0 Å². The van der Waals surface area contributed by atoms with Crippen molar-refractivity contribution in [1.82, 2.24) is 10.3 Å². The van der Waals surface area contributed by atoms with E-state index >= 15 is 0 Å². The first-order valence-corrected chi connectivity index (χ1v) is 9.40. The molecule has 0 fully saturated rings. The summed E-state index contributed by atoms with van der Waals surface area (Å²) in [5, 5.41) is 6.01. The van der Waals surface area contributed by atoms with Crippen molar-refractivity contribution >= 4 is 23.4 Å². The van der Waals surface area contributed by atoms with Gasteiger partial charge >= 0.3 is 5.97 Å². The third kappa shape index (κ3) is 5.65. The van der Waals surface area contributed by atoms with E-state index in [0.29, 0.717) is 29.2 Å². The molecule has 0 unspecified atom stereocenters. The van der Waals surface area contributed by atoms with Crippen LogP contribution in [0.5, 0.6) is 0 Å². The summed E-state index contributed by atoms with van der Waals surface area (Å²) in [6.45, 7) is 0.587. The van der Waals surface area contributed by atoms with Gasteiger partial charge in [-0.1, -0.05) is 42.5 Å². The highest BCUT2D eigenvalue weighted by atomic mass is 16.5. The van der Waals surface area contributed by atoms with E-state index in [1.807, 2.05) is 18.2 Å². The molecule has 29 heavy (non-hydrogen) atoms. The average Bonchev–Trinajstić information content (AvgIpc) is 2.77. The van der Waals surface area contributed by atoms with Crippen molar-refractivity contribution in [3.8, 4) is 0 Å². The summed E-state index contributed by atoms with van der Waals surface area (Å²) < 4.78 is 4.80. The Kier molecular flexibility index (Phi) is 6.95. The third-order valence-corrected chi connectivity index (χ3v) is 4.39. The zero-order valence-corrected chi connectivity index (χ0v) is 16.2. The lowest BCUT2D eigenvalue weighted by Crippen LogP contribution is -2.24. The number of aromatic nitrogens is 1. The zero-order valence-electron chi connectivity index (χ0n) is 16.2. The van der Waals surface area contributed by atoms with Gasteiger partial charge in [0.25, 0.3) is 5.91 Å². The maximum Gasteiger partial charge on any atom is 0.339 e. The molecule has 1 amide bonds. The van der Waals surface area contributed by atoms with Crippen LogP contribution in [0.1, 0.15) is 32.7 Å². The molecule has 1 aromatic heterocycles. The number of nitrogens with one attached hydrogen (secondary N) is 2. The third-order valence-electron chi connectivity index (χ3n) is 4.39. The lowest BCUT2D eigenvalue weighted by molar-refractivity contribution is 0.0601. The van der Waals surface area contributed by atoms with E-state index in [1.165, 1.54) is 12.7 Å². The van der Waals surface area contributed by atoms with Gasteiger partial charge in [-0.3, -0.25) is 4.79 Å². The second-order valence-electron chi connectivity index (χ2n) is 6.44. The molecule has 0 saturated heterocycles. The molecule has 0 aliphatic heterocycles. The van der Waals surface area contributed by atoms with E-state index in [-0.39, 0.29) is 5.91 Å². The van der Waals surface area contributed by atoms with Crippen molar-refractivity contribution in [1.29, 1.82) is 0 Å². The topological polar surface area (TPSA) is 80.3 Å². The van der Waals surface area contributed by atoms with Gasteiger partial charge in [-0.2, -0.15) is 0 Å². The molecule has 3 rings (SSSR count). The largest absolute Gasteiger partial charge is 0.465 e. The number of carbonyl (C=O) groups excluding carboxylic acids is 2. The first kappa shape index (κ1) is 20.1. The van der Waals surface area contributed by atoms with Crippen LogP contribution in [0, 0.1) is 0 Å². The number of carbonyl (C=O) groups is 2. The maximum atomic E-state index is 12.4. The Hall–Kier alpha value is -3.67. The number of hydrogen-bond acceptors (Lipinski definition) is 5. The Morgan fingerprint density at radius 1 is 1.00 bits per heavy atom. The molecule has 0 radical (unpaired) electrons. The fourth-order valence-corrected chi connectivity index (χ4v) is 2.90. The number of nitrogens with zero attached hydrogens (tertiary/aromatic N) is 1. The summed E-state index contributed by atoms with van der Waals surface area (Å²) in [6.07, 6.45) is 3.33. The van der Waals surface area contributed by atoms with Gasteiger partial charge in [0.1, 0.15) is 5.82 Å². The Morgan fingerprint density at radius 3 is 2.55 bits per heavy atom. The Labute approximate surface area is 169 Å². The lowest BCUT2D eigenvalue weighted by Gasteiger charge is -2.11. The summed E-state index contributed by atoms with van der Waals surface area (Å²) in [4.78, 5) is 28.6. The first-order valence-electron chi connectivity index (χ1n) is 9.40. The summed E-state index contributed by atoms with van der Waals surface area (Å²) >= 11 is 0. The number of methoxy groups -OCH3 is 1. The standard InChI is InChI=1S/C23H23N3O3/c1-29-23(28)19-11-5-6-12-20(19)26-21-16-18(13-15-24-21)22(27)25-14-7-10-17-8-3-2-4-9-17/h2-6,8-9,11-13,15-16H,7,10,14H2,1H3,(H,24,26)(H,25,27).